The quantitative estimate of drug-likeness (QED) is 0.419. The maximum Gasteiger partial charge on any atom is 0.273 e. The van der Waals surface area contributed by atoms with E-state index in [1.165, 1.54) is 23.0 Å². The fourth-order valence-electron chi connectivity index (χ4n) is 3.37. The van der Waals surface area contributed by atoms with Crippen LogP contribution in [0.3, 0.4) is 0 Å². The zero-order valence-corrected chi connectivity index (χ0v) is 17.3. The summed E-state index contributed by atoms with van der Waals surface area (Å²) in [5.41, 5.74) is 2.53. The van der Waals surface area contributed by atoms with Gasteiger partial charge in [0.1, 0.15) is 5.52 Å². The van der Waals surface area contributed by atoms with Crippen LogP contribution in [0.5, 0.6) is 0 Å². The van der Waals surface area contributed by atoms with E-state index in [1.54, 1.807) is 10.9 Å². The molecule has 0 saturated heterocycles. The Bertz CT molecular complexity index is 1440. The molecule has 5 rings (SSSR count). The summed E-state index contributed by atoms with van der Waals surface area (Å²) in [4.78, 5) is 19.9. The van der Waals surface area contributed by atoms with Gasteiger partial charge in [-0.3, -0.25) is 4.79 Å². The highest BCUT2D eigenvalue weighted by atomic mass is 35.5. The number of aromatic amines is 1. The Morgan fingerprint density at radius 1 is 1.23 bits per heavy atom. The fraction of sp³-hybridized carbons (Fsp3) is 0.100. The van der Waals surface area contributed by atoms with Crippen molar-refractivity contribution in [2.75, 3.05) is 0 Å². The van der Waals surface area contributed by atoms with Crippen molar-refractivity contribution in [2.24, 2.45) is 0 Å². The summed E-state index contributed by atoms with van der Waals surface area (Å²) < 4.78 is 17.4. The molecule has 0 unspecified atom stereocenters. The average molecular weight is 458 g/mol. The SMILES string of the molecule is O=C(NCc1ncn2ccc(Cl)c(F)c12)c1cn(Cc2cc3ccc(Cl)cc3[nH]2)nn1. The standard InChI is InChI=1S/C20H14Cl2FN7O/c21-12-2-1-11-5-13(26-15(11)6-12)8-30-9-17(27-28-30)20(31)24-7-16-19-18(23)14(22)3-4-29(19)10-25-16/h1-6,9-10,26H,7-8H2,(H,24,31). The van der Waals surface area contributed by atoms with Crippen molar-refractivity contribution in [1.29, 1.82) is 0 Å². The Kier molecular flexibility index (Phi) is 4.84. The molecule has 11 heteroatoms. The van der Waals surface area contributed by atoms with E-state index in [0.29, 0.717) is 17.3 Å². The average Bonchev–Trinajstić information content (AvgIpc) is 3.47. The number of amides is 1. The molecule has 1 aromatic carbocycles. The molecule has 4 aromatic heterocycles. The molecule has 0 aliphatic heterocycles. The molecule has 0 bridgehead atoms. The van der Waals surface area contributed by atoms with Crippen LogP contribution in [0.2, 0.25) is 10.0 Å². The third kappa shape index (κ3) is 3.73. The lowest BCUT2D eigenvalue weighted by Gasteiger charge is -2.03. The fourth-order valence-corrected chi connectivity index (χ4v) is 3.69. The Morgan fingerprint density at radius 2 is 2.10 bits per heavy atom. The highest BCUT2D eigenvalue weighted by molar-refractivity contribution is 6.31. The highest BCUT2D eigenvalue weighted by Gasteiger charge is 2.16. The molecule has 0 fully saturated rings. The van der Waals surface area contributed by atoms with Gasteiger partial charge < -0.3 is 14.7 Å². The Hall–Kier alpha value is -3.43. The van der Waals surface area contributed by atoms with Gasteiger partial charge in [0.05, 0.1) is 36.3 Å². The van der Waals surface area contributed by atoms with Crippen LogP contribution in [0.1, 0.15) is 21.9 Å². The topological polar surface area (TPSA) is 92.9 Å². The lowest BCUT2D eigenvalue weighted by Crippen LogP contribution is -2.23. The summed E-state index contributed by atoms with van der Waals surface area (Å²) in [6.07, 6.45) is 4.60. The number of imidazole rings is 1. The number of carbonyl (C=O) groups excluding carboxylic acids is 1. The Balaban J connectivity index is 1.28. The Morgan fingerprint density at radius 3 is 2.97 bits per heavy atom. The molecule has 0 saturated carbocycles. The van der Waals surface area contributed by atoms with E-state index >= 15 is 0 Å². The molecule has 0 spiro atoms. The van der Waals surface area contributed by atoms with E-state index < -0.39 is 11.7 Å². The first-order valence-corrected chi connectivity index (χ1v) is 9.98. The van der Waals surface area contributed by atoms with Gasteiger partial charge in [0, 0.05) is 22.4 Å². The predicted octanol–water partition coefficient (Wildman–Crippen LogP) is 3.83. The minimum atomic E-state index is -0.587. The molecule has 8 nitrogen and oxygen atoms in total. The van der Waals surface area contributed by atoms with Crippen LogP contribution in [0.25, 0.3) is 16.4 Å². The van der Waals surface area contributed by atoms with Gasteiger partial charge in [-0.1, -0.05) is 34.5 Å². The zero-order valence-electron chi connectivity index (χ0n) is 15.8. The monoisotopic (exact) mass is 457 g/mol. The lowest BCUT2D eigenvalue weighted by molar-refractivity contribution is 0.0945. The minimum absolute atomic E-state index is 0.0113. The highest BCUT2D eigenvalue weighted by Crippen LogP contribution is 2.22. The van der Waals surface area contributed by atoms with Crippen LogP contribution in [0, 0.1) is 5.82 Å². The Labute approximate surface area is 184 Å². The number of benzene rings is 1. The zero-order chi connectivity index (χ0) is 21.5. The van der Waals surface area contributed by atoms with Gasteiger partial charge in [-0.2, -0.15) is 0 Å². The third-order valence-electron chi connectivity index (χ3n) is 4.83. The van der Waals surface area contributed by atoms with Crippen molar-refractivity contribution < 1.29 is 9.18 Å². The molecular weight excluding hydrogens is 444 g/mol. The lowest BCUT2D eigenvalue weighted by atomic mass is 10.2. The van der Waals surface area contributed by atoms with E-state index in [0.717, 1.165) is 16.6 Å². The number of nitrogens with one attached hydrogen (secondary N) is 2. The molecule has 0 radical (unpaired) electrons. The van der Waals surface area contributed by atoms with Gasteiger partial charge in [0.25, 0.3) is 5.91 Å². The van der Waals surface area contributed by atoms with Crippen molar-refractivity contribution in [3.8, 4) is 0 Å². The number of pyridine rings is 1. The predicted molar refractivity (Wildman–Crippen MR) is 114 cm³/mol. The molecule has 156 valence electrons. The van der Waals surface area contributed by atoms with Gasteiger partial charge in [0.2, 0.25) is 0 Å². The van der Waals surface area contributed by atoms with Crippen molar-refractivity contribution >= 4 is 45.5 Å². The van der Waals surface area contributed by atoms with Crippen molar-refractivity contribution in [3.05, 3.63) is 82.0 Å². The molecule has 0 aliphatic carbocycles. The number of hydrogen-bond acceptors (Lipinski definition) is 4. The van der Waals surface area contributed by atoms with E-state index in [4.69, 9.17) is 23.2 Å². The van der Waals surface area contributed by atoms with Crippen LogP contribution < -0.4 is 5.32 Å². The second-order valence-corrected chi connectivity index (χ2v) is 7.78. The summed E-state index contributed by atoms with van der Waals surface area (Å²) in [5, 5.41) is 12.3. The summed E-state index contributed by atoms with van der Waals surface area (Å²) in [6.45, 7) is 0.421. The smallest absolute Gasteiger partial charge is 0.273 e. The first-order valence-electron chi connectivity index (χ1n) is 9.23. The third-order valence-corrected chi connectivity index (χ3v) is 5.36. The molecule has 0 atom stereocenters. The van der Waals surface area contributed by atoms with Crippen molar-refractivity contribution in [1.82, 2.24) is 34.7 Å². The molecule has 2 N–H and O–H groups in total. The minimum Gasteiger partial charge on any atom is -0.357 e. The van der Waals surface area contributed by atoms with E-state index in [-0.39, 0.29) is 22.8 Å². The van der Waals surface area contributed by atoms with E-state index in [9.17, 15) is 9.18 Å². The summed E-state index contributed by atoms with van der Waals surface area (Å²) in [5.74, 6) is -1.03. The van der Waals surface area contributed by atoms with Crippen molar-refractivity contribution in [2.45, 2.75) is 13.1 Å². The van der Waals surface area contributed by atoms with E-state index in [2.05, 4.69) is 25.6 Å². The van der Waals surface area contributed by atoms with Gasteiger partial charge in [-0.05, 0) is 29.7 Å². The number of aromatic nitrogens is 6. The molecule has 0 aliphatic rings. The maximum absolute atomic E-state index is 14.3. The number of rotatable bonds is 5. The maximum atomic E-state index is 14.3. The van der Waals surface area contributed by atoms with Crippen LogP contribution in [0.4, 0.5) is 4.39 Å². The molecule has 1 amide bonds. The molecular formula is C20H14Cl2FN7O. The van der Waals surface area contributed by atoms with Gasteiger partial charge in [0.15, 0.2) is 11.5 Å². The summed E-state index contributed by atoms with van der Waals surface area (Å²) in [7, 11) is 0. The van der Waals surface area contributed by atoms with Gasteiger partial charge >= 0.3 is 0 Å². The summed E-state index contributed by atoms with van der Waals surface area (Å²) >= 11 is 11.9. The number of halogens is 3. The van der Waals surface area contributed by atoms with Crippen molar-refractivity contribution in [3.63, 3.8) is 0 Å². The number of carbonyl (C=O) groups is 1. The second kappa shape index (κ2) is 7.68. The molecule has 4 heterocycles. The van der Waals surface area contributed by atoms with Gasteiger partial charge in [-0.15, -0.1) is 5.10 Å². The van der Waals surface area contributed by atoms with E-state index in [1.807, 2.05) is 24.3 Å². The molecule has 31 heavy (non-hydrogen) atoms. The number of fused-ring (bicyclic) bond motifs is 2. The summed E-state index contributed by atoms with van der Waals surface area (Å²) in [6, 6.07) is 9.01. The number of nitrogens with zero attached hydrogens (tertiary/aromatic N) is 5. The first-order chi connectivity index (χ1) is 15.0. The normalized spacial score (nSPS) is 11.5. The van der Waals surface area contributed by atoms with Crippen LogP contribution in [-0.2, 0) is 13.1 Å². The number of hydrogen-bond donors (Lipinski definition) is 2. The van der Waals surface area contributed by atoms with Crippen LogP contribution in [0.15, 0.2) is 49.1 Å². The molecule has 5 aromatic rings. The second-order valence-electron chi connectivity index (χ2n) is 6.93. The van der Waals surface area contributed by atoms with Crippen LogP contribution in [-0.4, -0.2) is 35.3 Å². The van der Waals surface area contributed by atoms with Gasteiger partial charge in [-0.25, -0.2) is 14.1 Å². The number of H-pyrrole nitrogens is 1. The largest absolute Gasteiger partial charge is 0.357 e. The first kappa shape index (κ1) is 19.5. The van der Waals surface area contributed by atoms with Crippen LogP contribution >= 0.6 is 23.2 Å².